The minimum atomic E-state index is -0.178. The molecule has 0 spiro atoms. The highest BCUT2D eigenvalue weighted by atomic mass is 19.1. The van der Waals surface area contributed by atoms with Crippen LogP contribution in [-0.2, 0) is 0 Å². The highest BCUT2D eigenvalue weighted by Gasteiger charge is 2.15. The fourth-order valence-corrected chi connectivity index (χ4v) is 1.84. The maximum atomic E-state index is 11.9. The van der Waals surface area contributed by atoms with E-state index < -0.39 is 0 Å². The molecule has 0 bridgehead atoms. The molecule has 16 heavy (non-hydrogen) atoms. The number of rotatable bonds is 1. The first-order valence-corrected chi connectivity index (χ1v) is 5.72. The number of aliphatic hydroxyl groups excluding tert-OH is 1. The molecule has 1 saturated heterocycles. The molecule has 3 heteroatoms. The molecule has 1 aromatic rings. The van der Waals surface area contributed by atoms with Crippen molar-refractivity contribution in [2.75, 3.05) is 26.7 Å². The Morgan fingerprint density at radius 1 is 1.38 bits per heavy atom. The van der Waals surface area contributed by atoms with Crippen LogP contribution in [0.5, 0.6) is 0 Å². The van der Waals surface area contributed by atoms with Gasteiger partial charge < -0.3 is 10.0 Å². The zero-order valence-electron chi connectivity index (χ0n) is 9.77. The van der Waals surface area contributed by atoms with E-state index in [1.807, 2.05) is 0 Å². The van der Waals surface area contributed by atoms with Gasteiger partial charge in [0.2, 0.25) is 0 Å². The van der Waals surface area contributed by atoms with E-state index in [1.165, 1.54) is 31.5 Å². The zero-order chi connectivity index (χ0) is 11.8. The van der Waals surface area contributed by atoms with Gasteiger partial charge in [0.05, 0.1) is 0 Å². The van der Waals surface area contributed by atoms with Crippen LogP contribution in [0.1, 0.15) is 12.8 Å². The van der Waals surface area contributed by atoms with Crippen LogP contribution in [0.25, 0.3) is 0 Å². The molecule has 90 valence electrons. The molecule has 1 fully saturated rings. The lowest BCUT2D eigenvalue weighted by Gasteiger charge is -2.27. The maximum Gasteiger partial charge on any atom is 0.123 e. The zero-order valence-corrected chi connectivity index (χ0v) is 9.77. The monoisotopic (exact) mass is 225 g/mol. The molecule has 1 aliphatic heterocycles. The van der Waals surface area contributed by atoms with Crippen LogP contribution in [0.4, 0.5) is 4.39 Å². The number of halogens is 1. The fraction of sp³-hybridized carbons (Fsp3) is 0.538. The van der Waals surface area contributed by atoms with Gasteiger partial charge in [-0.25, -0.2) is 4.39 Å². The summed E-state index contributed by atoms with van der Waals surface area (Å²) in [5.41, 5.74) is 0. The van der Waals surface area contributed by atoms with E-state index in [4.69, 9.17) is 5.11 Å². The highest BCUT2D eigenvalue weighted by Crippen LogP contribution is 2.13. The molecule has 0 radical (unpaired) electrons. The number of benzene rings is 1. The van der Waals surface area contributed by atoms with E-state index in [0.29, 0.717) is 12.5 Å². The summed E-state index contributed by atoms with van der Waals surface area (Å²) in [7, 11) is 2.11. The summed E-state index contributed by atoms with van der Waals surface area (Å²) in [4.78, 5) is 2.28. The van der Waals surface area contributed by atoms with Crippen molar-refractivity contribution < 1.29 is 9.50 Å². The number of piperidine rings is 1. The number of likely N-dealkylation sites (tertiary alicyclic amines) is 1. The standard InChI is InChI=1S/C7H15NO.C6H5F/c1-8-4-2-3-7(5-8)6-9;7-6-4-2-1-3-5-6/h7,9H,2-6H2,1H3;1-5H. The Kier molecular flexibility index (Phi) is 6.04. The minimum absolute atomic E-state index is 0.178. The Morgan fingerprint density at radius 3 is 2.44 bits per heavy atom. The van der Waals surface area contributed by atoms with Crippen LogP contribution < -0.4 is 0 Å². The highest BCUT2D eigenvalue weighted by molar-refractivity contribution is 5.02. The number of hydrogen-bond donors (Lipinski definition) is 1. The molecule has 0 aliphatic carbocycles. The van der Waals surface area contributed by atoms with E-state index in [0.717, 1.165) is 6.54 Å². The molecule has 1 atom stereocenters. The van der Waals surface area contributed by atoms with Gasteiger partial charge in [-0.2, -0.15) is 0 Å². The summed E-state index contributed by atoms with van der Waals surface area (Å²) in [5.74, 6) is 0.367. The lowest BCUT2D eigenvalue weighted by molar-refractivity contribution is 0.138. The predicted octanol–water partition coefficient (Wildman–Crippen LogP) is 2.15. The third-order valence-corrected chi connectivity index (χ3v) is 2.71. The molecule has 0 aromatic heterocycles. The molecule has 2 nitrogen and oxygen atoms in total. The first-order valence-electron chi connectivity index (χ1n) is 5.72. The summed E-state index contributed by atoms with van der Waals surface area (Å²) in [6, 6.07) is 7.94. The molecule has 1 heterocycles. The van der Waals surface area contributed by atoms with Crippen LogP contribution in [0, 0.1) is 11.7 Å². The molecule has 0 saturated carbocycles. The summed E-state index contributed by atoms with van der Waals surface area (Å²) >= 11 is 0. The Bertz CT molecular complexity index is 279. The van der Waals surface area contributed by atoms with Gasteiger partial charge in [0.1, 0.15) is 5.82 Å². The average Bonchev–Trinajstić information content (AvgIpc) is 2.31. The number of hydrogen-bond acceptors (Lipinski definition) is 2. The first kappa shape index (κ1) is 13.1. The quantitative estimate of drug-likeness (QED) is 0.791. The van der Waals surface area contributed by atoms with Crippen molar-refractivity contribution in [3.63, 3.8) is 0 Å². The third-order valence-electron chi connectivity index (χ3n) is 2.71. The largest absolute Gasteiger partial charge is 0.396 e. The lowest BCUT2D eigenvalue weighted by atomic mass is 10.00. The van der Waals surface area contributed by atoms with E-state index in [9.17, 15) is 4.39 Å². The van der Waals surface area contributed by atoms with E-state index in [2.05, 4.69) is 11.9 Å². The van der Waals surface area contributed by atoms with Crippen molar-refractivity contribution in [2.45, 2.75) is 12.8 Å². The summed E-state index contributed by atoms with van der Waals surface area (Å²) in [6.07, 6.45) is 2.46. The van der Waals surface area contributed by atoms with Gasteiger partial charge >= 0.3 is 0 Å². The Labute approximate surface area is 96.7 Å². The van der Waals surface area contributed by atoms with Crippen molar-refractivity contribution in [3.8, 4) is 0 Å². The van der Waals surface area contributed by atoms with Gasteiger partial charge in [0, 0.05) is 13.2 Å². The normalized spacial score (nSPS) is 21.1. The smallest absolute Gasteiger partial charge is 0.123 e. The topological polar surface area (TPSA) is 23.5 Å². The van der Waals surface area contributed by atoms with E-state index in [-0.39, 0.29) is 5.82 Å². The van der Waals surface area contributed by atoms with Crippen molar-refractivity contribution in [1.29, 1.82) is 0 Å². The molecule has 1 aliphatic rings. The number of aliphatic hydroxyl groups is 1. The first-order chi connectivity index (χ1) is 7.72. The van der Waals surface area contributed by atoms with E-state index >= 15 is 0 Å². The van der Waals surface area contributed by atoms with Crippen LogP contribution in [-0.4, -0.2) is 36.8 Å². The van der Waals surface area contributed by atoms with Crippen LogP contribution >= 0.6 is 0 Å². The molecule has 2 rings (SSSR count). The second-order valence-electron chi connectivity index (χ2n) is 4.25. The van der Waals surface area contributed by atoms with Gasteiger partial charge in [-0.05, 0) is 44.5 Å². The van der Waals surface area contributed by atoms with Crippen molar-refractivity contribution in [1.82, 2.24) is 4.90 Å². The van der Waals surface area contributed by atoms with Crippen molar-refractivity contribution in [2.24, 2.45) is 5.92 Å². The Morgan fingerprint density at radius 2 is 2.06 bits per heavy atom. The van der Waals surface area contributed by atoms with Gasteiger partial charge in [-0.1, -0.05) is 18.2 Å². The van der Waals surface area contributed by atoms with Crippen LogP contribution in [0.3, 0.4) is 0 Å². The molecule has 1 aromatic carbocycles. The lowest BCUT2D eigenvalue weighted by Crippen LogP contribution is -2.33. The average molecular weight is 225 g/mol. The fourth-order valence-electron chi connectivity index (χ4n) is 1.84. The SMILES string of the molecule is CN1CCCC(CO)C1.Fc1ccccc1. The molecule has 0 amide bonds. The van der Waals surface area contributed by atoms with Gasteiger partial charge in [-0.15, -0.1) is 0 Å². The minimum Gasteiger partial charge on any atom is -0.396 e. The van der Waals surface area contributed by atoms with Crippen molar-refractivity contribution in [3.05, 3.63) is 36.1 Å². The Hall–Kier alpha value is -0.930. The maximum absolute atomic E-state index is 11.9. The molecular weight excluding hydrogens is 205 g/mol. The summed E-state index contributed by atoms with van der Waals surface area (Å²) in [5, 5.41) is 8.78. The summed E-state index contributed by atoms with van der Waals surface area (Å²) < 4.78 is 11.9. The summed E-state index contributed by atoms with van der Waals surface area (Å²) in [6.45, 7) is 2.65. The molecule has 1 N–H and O–H groups in total. The molecule has 1 unspecified atom stereocenters. The van der Waals surface area contributed by atoms with Crippen molar-refractivity contribution >= 4 is 0 Å². The second-order valence-corrected chi connectivity index (χ2v) is 4.25. The molecular formula is C13H20FNO. The van der Waals surface area contributed by atoms with E-state index in [1.54, 1.807) is 18.2 Å². The number of nitrogens with zero attached hydrogens (tertiary/aromatic N) is 1. The van der Waals surface area contributed by atoms with Crippen LogP contribution in [0.15, 0.2) is 30.3 Å². The second kappa shape index (κ2) is 7.36. The Balaban J connectivity index is 0.000000165. The van der Waals surface area contributed by atoms with Crippen LogP contribution in [0.2, 0.25) is 0 Å². The van der Waals surface area contributed by atoms with Gasteiger partial charge in [0.25, 0.3) is 0 Å². The predicted molar refractivity (Wildman–Crippen MR) is 63.7 cm³/mol. The third kappa shape index (κ3) is 5.24. The van der Waals surface area contributed by atoms with Gasteiger partial charge in [0.15, 0.2) is 0 Å². The van der Waals surface area contributed by atoms with Gasteiger partial charge in [-0.3, -0.25) is 0 Å².